The first-order valence-corrected chi connectivity index (χ1v) is 4.13. The van der Waals surface area contributed by atoms with Crippen LogP contribution in [0.15, 0.2) is 23.1 Å². The molecular weight excluding hydrogens is 192 g/mol. The Labute approximate surface area is 79.9 Å². The Balaban J connectivity index is 2.82. The average molecular weight is 201 g/mol. The van der Waals surface area contributed by atoms with E-state index in [0.29, 0.717) is 5.56 Å². The zero-order chi connectivity index (χ0) is 9.84. The summed E-state index contributed by atoms with van der Waals surface area (Å²) >= 11 is 5.79. The van der Waals surface area contributed by atoms with E-state index in [0.717, 1.165) is 0 Å². The van der Waals surface area contributed by atoms with Gasteiger partial charge in [0, 0.05) is 19.2 Å². The van der Waals surface area contributed by atoms with Crippen LogP contribution in [0.4, 0.5) is 0 Å². The number of carbonyl (C=O) groups is 1. The van der Waals surface area contributed by atoms with Gasteiger partial charge in [-0.25, -0.2) is 0 Å². The molecule has 0 fully saturated rings. The van der Waals surface area contributed by atoms with Gasteiger partial charge in [-0.15, -0.1) is 0 Å². The van der Waals surface area contributed by atoms with Crippen molar-refractivity contribution in [3.05, 3.63) is 34.2 Å². The first kappa shape index (κ1) is 9.80. The lowest BCUT2D eigenvalue weighted by atomic mass is 10.2. The van der Waals surface area contributed by atoms with E-state index < -0.39 is 5.50 Å². The largest absolute Gasteiger partial charge is 0.336 e. The van der Waals surface area contributed by atoms with Crippen molar-refractivity contribution in [2.24, 2.45) is 0 Å². The zero-order valence-corrected chi connectivity index (χ0v) is 7.76. The van der Waals surface area contributed by atoms with Gasteiger partial charge in [-0.2, -0.15) is 0 Å². The smallest absolute Gasteiger partial charge is 0.248 e. The Hall–Kier alpha value is -1.29. The topological polar surface area (TPSA) is 62.0 Å². The molecule has 13 heavy (non-hydrogen) atoms. The van der Waals surface area contributed by atoms with Crippen LogP contribution in [0.3, 0.4) is 0 Å². The van der Waals surface area contributed by atoms with Gasteiger partial charge in [0.1, 0.15) is 5.50 Å². The molecule has 70 valence electrons. The van der Waals surface area contributed by atoms with Crippen molar-refractivity contribution in [1.29, 1.82) is 0 Å². The van der Waals surface area contributed by atoms with E-state index in [1.165, 1.54) is 19.2 Å². The maximum atomic E-state index is 10.9. The third-order valence-corrected chi connectivity index (χ3v) is 1.78. The highest BCUT2D eigenvalue weighted by atomic mass is 35.5. The van der Waals surface area contributed by atoms with E-state index in [-0.39, 0.29) is 11.5 Å². The van der Waals surface area contributed by atoms with Crippen LogP contribution in [0.1, 0.15) is 18.0 Å². The quantitative estimate of drug-likeness (QED) is 0.547. The first-order valence-electron chi connectivity index (χ1n) is 3.69. The number of hydrogen-bond donors (Lipinski definition) is 2. The number of alkyl halides is 1. The molecule has 5 heteroatoms. The first-order chi connectivity index (χ1) is 6.09. The van der Waals surface area contributed by atoms with Gasteiger partial charge in [-0.3, -0.25) is 9.59 Å². The van der Waals surface area contributed by atoms with Crippen molar-refractivity contribution in [2.45, 2.75) is 12.4 Å². The van der Waals surface area contributed by atoms with E-state index in [1.807, 2.05) is 0 Å². The highest BCUT2D eigenvalue weighted by Gasteiger charge is 2.08. The monoisotopic (exact) mass is 200 g/mol. The van der Waals surface area contributed by atoms with Crippen LogP contribution < -0.4 is 10.9 Å². The molecule has 2 N–H and O–H groups in total. The number of hydrogen-bond acceptors (Lipinski definition) is 2. The van der Waals surface area contributed by atoms with Crippen molar-refractivity contribution < 1.29 is 4.79 Å². The summed E-state index contributed by atoms with van der Waals surface area (Å²) in [5, 5.41) is 2.46. The molecule has 0 aromatic carbocycles. The van der Waals surface area contributed by atoms with Gasteiger partial charge in [0.25, 0.3) is 0 Å². The molecule has 1 rings (SSSR count). The third kappa shape index (κ3) is 2.91. The Bertz CT molecular complexity index is 361. The van der Waals surface area contributed by atoms with Crippen LogP contribution in [-0.4, -0.2) is 10.9 Å². The fourth-order valence-electron chi connectivity index (χ4n) is 0.881. The molecule has 1 atom stereocenters. The predicted molar refractivity (Wildman–Crippen MR) is 49.5 cm³/mol. The molecule has 0 unspecified atom stereocenters. The fourth-order valence-corrected chi connectivity index (χ4v) is 1.17. The number of pyridine rings is 1. The van der Waals surface area contributed by atoms with Gasteiger partial charge >= 0.3 is 0 Å². The normalized spacial score (nSPS) is 12.2. The molecule has 0 saturated heterocycles. The number of aromatic amines is 1. The highest BCUT2D eigenvalue weighted by Crippen LogP contribution is 2.13. The Morgan fingerprint density at radius 1 is 1.69 bits per heavy atom. The molecule has 0 spiro atoms. The summed E-state index contributed by atoms with van der Waals surface area (Å²) in [6.07, 6.45) is 1.48. The van der Waals surface area contributed by atoms with Gasteiger partial charge in [0.05, 0.1) is 0 Å². The summed E-state index contributed by atoms with van der Waals surface area (Å²) in [6.45, 7) is 1.36. The molecule has 1 aromatic rings. The second-order valence-electron chi connectivity index (χ2n) is 2.55. The van der Waals surface area contributed by atoms with Gasteiger partial charge in [-0.1, -0.05) is 11.6 Å². The number of rotatable bonds is 2. The van der Waals surface area contributed by atoms with E-state index >= 15 is 0 Å². The summed E-state index contributed by atoms with van der Waals surface area (Å²) in [4.78, 5) is 23.9. The Morgan fingerprint density at radius 3 is 2.92 bits per heavy atom. The standard InChI is InChI=1S/C8H9ClN2O2/c1-5(12)11-8(9)6-2-3-10-7(13)4-6/h2-4,8H,1H3,(H,10,13)(H,11,12)/t8-/m1/s1. The summed E-state index contributed by atoms with van der Waals surface area (Å²) in [5.41, 5.74) is -0.325. The molecule has 0 saturated carbocycles. The molecule has 0 aliphatic heterocycles. The Kier molecular flexibility index (Phi) is 3.08. The molecule has 4 nitrogen and oxygen atoms in total. The van der Waals surface area contributed by atoms with E-state index in [9.17, 15) is 9.59 Å². The minimum Gasteiger partial charge on any atom is -0.336 e. The summed E-state index contributed by atoms with van der Waals surface area (Å²) in [7, 11) is 0. The minimum absolute atomic E-state index is 0.236. The highest BCUT2D eigenvalue weighted by molar-refractivity contribution is 6.21. The van der Waals surface area contributed by atoms with E-state index in [2.05, 4.69) is 10.3 Å². The van der Waals surface area contributed by atoms with Crippen LogP contribution in [0.5, 0.6) is 0 Å². The third-order valence-electron chi connectivity index (χ3n) is 1.42. The average Bonchev–Trinajstić information content (AvgIpc) is 2.03. The van der Waals surface area contributed by atoms with E-state index in [1.54, 1.807) is 6.07 Å². The van der Waals surface area contributed by atoms with Crippen molar-refractivity contribution in [3.63, 3.8) is 0 Å². The summed E-state index contributed by atoms with van der Waals surface area (Å²) in [6, 6.07) is 2.97. The van der Waals surface area contributed by atoms with Crippen molar-refractivity contribution in [1.82, 2.24) is 10.3 Å². The molecular formula is C8H9ClN2O2. The lowest BCUT2D eigenvalue weighted by Crippen LogP contribution is -2.23. The molecule has 0 aliphatic rings. The van der Waals surface area contributed by atoms with Gasteiger partial charge in [-0.05, 0) is 11.6 Å². The summed E-state index contributed by atoms with van der Waals surface area (Å²) in [5.74, 6) is -0.236. The maximum absolute atomic E-state index is 10.9. The SMILES string of the molecule is CC(=O)N[C@@H](Cl)c1cc[nH]c(=O)c1. The minimum atomic E-state index is -0.653. The lowest BCUT2D eigenvalue weighted by molar-refractivity contribution is -0.119. The van der Waals surface area contributed by atoms with Crippen LogP contribution in [0.2, 0.25) is 0 Å². The van der Waals surface area contributed by atoms with Crippen LogP contribution >= 0.6 is 11.6 Å². The molecule has 0 radical (unpaired) electrons. The number of amides is 1. The van der Waals surface area contributed by atoms with Gasteiger partial charge in [0.15, 0.2) is 0 Å². The van der Waals surface area contributed by atoms with E-state index in [4.69, 9.17) is 11.6 Å². The van der Waals surface area contributed by atoms with Crippen LogP contribution in [-0.2, 0) is 4.79 Å². The molecule has 1 aromatic heterocycles. The molecule has 0 aliphatic carbocycles. The zero-order valence-electron chi connectivity index (χ0n) is 7.00. The number of H-pyrrole nitrogens is 1. The second-order valence-corrected chi connectivity index (χ2v) is 2.99. The number of nitrogens with one attached hydrogen (secondary N) is 2. The van der Waals surface area contributed by atoms with Crippen molar-refractivity contribution in [3.8, 4) is 0 Å². The van der Waals surface area contributed by atoms with Crippen LogP contribution in [0, 0.1) is 0 Å². The molecule has 1 heterocycles. The second kappa shape index (κ2) is 4.09. The molecule has 0 bridgehead atoms. The van der Waals surface area contributed by atoms with Crippen molar-refractivity contribution in [2.75, 3.05) is 0 Å². The van der Waals surface area contributed by atoms with Crippen molar-refractivity contribution >= 4 is 17.5 Å². The summed E-state index contributed by atoms with van der Waals surface area (Å²) < 4.78 is 0. The van der Waals surface area contributed by atoms with Gasteiger partial charge < -0.3 is 10.3 Å². The maximum Gasteiger partial charge on any atom is 0.248 e. The number of carbonyl (C=O) groups excluding carboxylic acids is 1. The lowest BCUT2D eigenvalue weighted by Gasteiger charge is -2.09. The predicted octanol–water partition coefficient (Wildman–Crippen LogP) is 0.748. The number of aromatic nitrogens is 1. The fraction of sp³-hybridized carbons (Fsp3) is 0.250. The number of halogens is 1. The Morgan fingerprint density at radius 2 is 2.38 bits per heavy atom. The van der Waals surface area contributed by atoms with Gasteiger partial charge in [0.2, 0.25) is 11.5 Å². The molecule has 1 amide bonds. The van der Waals surface area contributed by atoms with Crippen LogP contribution in [0.25, 0.3) is 0 Å².